The molecule has 0 bridgehead atoms. The Labute approximate surface area is 155 Å². The van der Waals surface area contributed by atoms with E-state index in [-0.39, 0.29) is 24.3 Å². The number of aliphatic carboxylic acids is 1. The quantitative estimate of drug-likeness (QED) is 0.202. The second kappa shape index (κ2) is 8.12. The van der Waals surface area contributed by atoms with Gasteiger partial charge in [-0.15, -0.1) is 0 Å². The molecule has 10 heteroatoms. The number of carbonyl (C=O) groups is 1. The fraction of sp³-hybridized carbons (Fsp3) is 0.875. The zero-order valence-corrected chi connectivity index (χ0v) is 15.8. The molecule has 9 nitrogen and oxygen atoms in total. The standard InChI is InChI=1S/C16H32BN5O4/c1-3-21(10-15(18)6-7-15)14(20-2)22-9-12(5-4-8-17(25)26)16(19,11-22)13(23)24/h12,25-26H,3-11,18-19H2,1-2H3,(H,23,24)/b20-14+. The van der Waals surface area contributed by atoms with E-state index in [0.717, 1.165) is 25.3 Å². The van der Waals surface area contributed by atoms with Crippen molar-refractivity contribution in [3.8, 4) is 0 Å². The van der Waals surface area contributed by atoms with Crippen molar-refractivity contribution in [1.82, 2.24) is 9.80 Å². The molecule has 2 aliphatic rings. The van der Waals surface area contributed by atoms with Crippen LogP contribution in [-0.4, -0.2) is 88.3 Å². The molecule has 7 N–H and O–H groups in total. The van der Waals surface area contributed by atoms with Gasteiger partial charge in [-0.2, -0.15) is 0 Å². The van der Waals surface area contributed by atoms with Gasteiger partial charge in [-0.25, -0.2) is 0 Å². The maximum atomic E-state index is 11.8. The van der Waals surface area contributed by atoms with E-state index in [4.69, 9.17) is 21.5 Å². The third kappa shape index (κ3) is 4.67. The molecular weight excluding hydrogens is 337 g/mol. The van der Waals surface area contributed by atoms with E-state index in [0.29, 0.717) is 25.9 Å². The molecule has 0 aromatic carbocycles. The van der Waals surface area contributed by atoms with E-state index in [2.05, 4.69) is 9.89 Å². The second-order valence-corrected chi connectivity index (χ2v) is 7.73. The Morgan fingerprint density at radius 2 is 2.04 bits per heavy atom. The number of rotatable bonds is 8. The lowest BCUT2D eigenvalue weighted by Gasteiger charge is -2.33. The molecule has 1 saturated carbocycles. The van der Waals surface area contributed by atoms with E-state index < -0.39 is 18.6 Å². The van der Waals surface area contributed by atoms with Crippen molar-refractivity contribution in [3.63, 3.8) is 0 Å². The lowest BCUT2D eigenvalue weighted by atomic mass is 9.78. The minimum atomic E-state index is -1.38. The maximum Gasteiger partial charge on any atom is 0.451 e. The summed E-state index contributed by atoms with van der Waals surface area (Å²) in [7, 11) is 0.315. The fourth-order valence-corrected chi connectivity index (χ4v) is 3.73. The lowest BCUT2D eigenvalue weighted by molar-refractivity contribution is -0.144. The number of nitrogens with zero attached hydrogens (tertiary/aromatic N) is 3. The Kier molecular flexibility index (Phi) is 6.54. The third-order valence-electron chi connectivity index (χ3n) is 5.58. The van der Waals surface area contributed by atoms with Crippen LogP contribution >= 0.6 is 0 Å². The van der Waals surface area contributed by atoms with Crippen molar-refractivity contribution >= 4 is 19.0 Å². The van der Waals surface area contributed by atoms with Crippen LogP contribution in [0.4, 0.5) is 0 Å². The molecule has 0 aromatic heterocycles. The molecule has 1 aliphatic carbocycles. The van der Waals surface area contributed by atoms with Crippen LogP contribution < -0.4 is 11.5 Å². The maximum absolute atomic E-state index is 11.8. The van der Waals surface area contributed by atoms with Crippen molar-refractivity contribution in [2.75, 3.05) is 33.2 Å². The normalized spacial score (nSPS) is 27.5. The van der Waals surface area contributed by atoms with Gasteiger partial charge in [-0.3, -0.25) is 9.79 Å². The van der Waals surface area contributed by atoms with E-state index in [1.54, 1.807) is 7.05 Å². The largest absolute Gasteiger partial charge is 0.480 e. The topological polar surface area (TPSA) is 149 Å². The van der Waals surface area contributed by atoms with Crippen molar-refractivity contribution in [2.45, 2.75) is 50.0 Å². The number of hydrogen-bond donors (Lipinski definition) is 5. The zero-order valence-electron chi connectivity index (χ0n) is 15.8. The van der Waals surface area contributed by atoms with Gasteiger partial charge in [0.25, 0.3) is 0 Å². The number of carboxylic acids is 1. The highest BCUT2D eigenvalue weighted by molar-refractivity contribution is 6.40. The first-order chi connectivity index (χ1) is 12.1. The van der Waals surface area contributed by atoms with Gasteiger partial charge in [0.15, 0.2) is 5.96 Å². The summed E-state index contributed by atoms with van der Waals surface area (Å²) in [5.74, 6) is -0.600. The van der Waals surface area contributed by atoms with Crippen LogP contribution in [0.15, 0.2) is 4.99 Å². The molecule has 26 heavy (non-hydrogen) atoms. The first kappa shape index (κ1) is 21.0. The summed E-state index contributed by atoms with van der Waals surface area (Å²) in [6.07, 6.45) is 3.20. The lowest BCUT2D eigenvalue weighted by Crippen LogP contribution is -2.56. The Morgan fingerprint density at radius 3 is 2.50 bits per heavy atom. The molecule has 0 radical (unpaired) electrons. The molecule has 1 saturated heterocycles. The summed E-state index contributed by atoms with van der Waals surface area (Å²) in [6, 6.07) is 0. The molecule has 148 valence electrons. The van der Waals surface area contributed by atoms with Gasteiger partial charge in [-0.1, -0.05) is 6.42 Å². The summed E-state index contributed by atoms with van der Waals surface area (Å²) < 4.78 is 0. The highest BCUT2D eigenvalue weighted by Gasteiger charge is 2.51. The molecule has 1 heterocycles. The number of aliphatic imine (C=N–C) groups is 1. The van der Waals surface area contributed by atoms with Gasteiger partial charge < -0.3 is 36.4 Å². The number of carboxylic acid groups (broad SMARTS) is 1. The smallest absolute Gasteiger partial charge is 0.451 e. The van der Waals surface area contributed by atoms with E-state index in [9.17, 15) is 9.90 Å². The molecule has 0 spiro atoms. The predicted molar refractivity (Wildman–Crippen MR) is 101 cm³/mol. The van der Waals surface area contributed by atoms with Crippen LogP contribution in [-0.2, 0) is 4.79 Å². The van der Waals surface area contributed by atoms with Gasteiger partial charge in [0, 0.05) is 44.7 Å². The van der Waals surface area contributed by atoms with Gasteiger partial charge >= 0.3 is 13.1 Å². The Balaban J connectivity index is 2.11. The molecule has 2 atom stereocenters. The number of guanidine groups is 1. The van der Waals surface area contributed by atoms with E-state index >= 15 is 0 Å². The number of likely N-dealkylation sites (tertiary alicyclic amines) is 1. The Hall–Kier alpha value is -1.36. The van der Waals surface area contributed by atoms with Gasteiger partial charge in [-0.05, 0) is 32.5 Å². The van der Waals surface area contributed by atoms with Gasteiger partial charge in [0.2, 0.25) is 0 Å². The number of likely N-dealkylation sites (N-methyl/N-ethyl adjacent to an activating group) is 1. The van der Waals surface area contributed by atoms with Crippen molar-refractivity contribution in [1.29, 1.82) is 0 Å². The first-order valence-electron chi connectivity index (χ1n) is 9.29. The first-order valence-corrected chi connectivity index (χ1v) is 9.29. The van der Waals surface area contributed by atoms with Gasteiger partial charge in [0.1, 0.15) is 5.54 Å². The minimum absolute atomic E-state index is 0.172. The molecule has 2 unspecified atom stereocenters. The highest BCUT2D eigenvalue weighted by atomic mass is 16.4. The van der Waals surface area contributed by atoms with Crippen molar-refractivity contribution < 1.29 is 19.9 Å². The SMILES string of the molecule is CCN(CC1(N)CC1)/C(=N\C)N1CC(CCCB(O)O)C(N)(C(=O)O)C1. The van der Waals surface area contributed by atoms with Crippen molar-refractivity contribution in [3.05, 3.63) is 0 Å². The second-order valence-electron chi connectivity index (χ2n) is 7.73. The van der Waals surface area contributed by atoms with E-state index in [1.165, 1.54) is 0 Å². The van der Waals surface area contributed by atoms with Crippen LogP contribution in [0.1, 0.15) is 32.6 Å². The monoisotopic (exact) mass is 369 g/mol. The zero-order chi connectivity index (χ0) is 19.5. The summed E-state index contributed by atoms with van der Waals surface area (Å²) in [4.78, 5) is 20.3. The van der Waals surface area contributed by atoms with Crippen LogP contribution in [0.2, 0.25) is 6.32 Å². The van der Waals surface area contributed by atoms with Crippen molar-refractivity contribution in [2.24, 2.45) is 22.4 Å². The van der Waals surface area contributed by atoms with E-state index in [1.807, 2.05) is 11.8 Å². The summed E-state index contributed by atoms with van der Waals surface area (Å²) in [6.45, 7) is 4.10. The van der Waals surface area contributed by atoms with Crippen LogP contribution in [0, 0.1) is 5.92 Å². The van der Waals surface area contributed by atoms with Crippen LogP contribution in [0.3, 0.4) is 0 Å². The average molecular weight is 369 g/mol. The number of nitrogens with two attached hydrogens (primary N) is 2. The molecule has 2 rings (SSSR count). The Morgan fingerprint density at radius 1 is 1.38 bits per heavy atom. The summed E-state index contributed by atoms with van der Waals surface area (Å²) in [5, 5.41) is 27.7. The molecule has 0 aromatic rings. The fourth-order valence-electron chi connectivity index (χ4n) is 3.73. The highest BCUT2D eigenvalue weighted by Crippen LogP contribution is 2.35. The predicted octanol–water partition coefficient (Wildman–Crippen LogP) is -1.25. The third-order valence-corrected chi connectivity index (χ3v) is 5.58. The summed E-state index contributed by atoms with van der Waals surface area (Å²) in [5.41, 5.74) is 11.0. The molecule has 0 amide bonds. The summed E-state index contributed by atoms with van der Waals surface area (Å²) >= 11 is 0. The molecular formula is C16H32BN5O4. The van der Waals surface area contributed by atoms with Gasteiger partial charge in [0.05, 0.1) is 0 Å². The van der Waals surface area contributed by atoms with Crippen LogP contribution in [0.5, 0.6) is 0 Å². The van der Waals surface area contributed by atoms with Crippen LogP contribution in [0.25, 0.3) is 0 Å². The molecule has 2 fully saturated rings. The average Bonchev–Trinajstić information content (AvgIpc) is 3.19. The minimum Gasteiger partial charge on any atom is -0.480 e. The number of hydrogen-bond acceptors (Lipinski definition) is 6. The Bertz CT molecular complexity index is 543. The molecule has 1 aliphatic heterocycles.